The monoisotopic (exact) mass is 315 g/mol. The summed E-state index contributed by atoms with van der Waals surface area (Å²) >= 11 is 0. The highest BCUT2D eigenvalue weighted by molar-refractivity contribution is 14.0. The number of H-pyrrole nitrogens is 1. The van der Waals surface area contributed by atoms with Gasteiger partial charge in [-0.05, 0) is 18.2 Å². The van der Waals surface area contributed by atoms with Crippen molar-refractivity contribution in [1.29, 1.82) is 0 Å². The van der Waals surface area contributed by atoms with Crippen LogP contribution in [0, 0.1) is 0 Å². The van der Waals surface area contributed by atoms with Crippen molar-refractivity contribution in [3.63, 3.8) is 0 Å². The van der Waals surface area contributed by atoms with Crippen LogP contribution < -0.4 is 11.0 Å². The topological polar surface area (TPSA) is 57.8 Å². The van der Waals surface area contributed by atoms with Crippen molar-refractivity contribution >= 4 is 35.5 Å². The summed E-state index contributed by atoms with van der Waals surface area (Å²) in [5.74, 6) is 0.635. The third kappa shape index (κ3) is 3.35. The number of hydrogen-bond acceptors (Lipinski definition) is 3. The Morgan fingerprint density at radius 1 is 1.13 bits per heavy atom. The Morgan fingerprint density at radius 3 is 2.53 bits per heavy atom. The Morgan fingerprint density at radius 2 is 1.87 bits per heavy atom. The lowest BCUT2D eigenvalue weighted by atomic mass is 10.3. The SMILES string of the molecule is I.O=c1nccc(Nc2ccccc2)[nH]1. The second-order valence-electron chi connectivity index (χ2n) is 2.78. The fourth-order valence-corrected chi connectivity index (χ4v) is 1.12. The maximum atomic E-state index is 10.9. The zero-order valence-electron chi connectivity index (χ0n) is 7.81. The van der Waals surface area contributed by atoms with E-state index in [-0.39, 0.29) is 29.7 Å². The molecule has 0 bridgehead atoms. The average molecular weight is 315 g/mol. The van der Waals surface area contributed by atoms with Gasteiger partial charge in [-0.3, -0.25) is 4.98 Å². The highest BCUT2D eigenvalue weighted by Crippen LogP contribution is 2.10. The van der Waals surface area contributed by atoms with Crippen LogP contribution in [-0.2, 0) is 0 Å². The third-order valence-corrected chi connectivity index (χ3v) is 1.73. The molecule has 2 aromatic rings. The zero-order chi connectivity index (χ0) is 9.80. The lowest BCUT2D eigenvalue weighted by Gasteiger charge is -2.03. The molecule has 5 heteroatoms. The van der Waals surface area contributed by atoms with Gasteiger partial charge in [0.1, 0.15) is 5.82 Å². The highest BCUT2D eigenvalue weighted by atomic mass is 127. The lowest BCUT2D eigenvalue weighted by molar-refractivity contribution is 1.08. The Hall–Kier alpha value is -1.37. The van der Waals surface area contributed by atoms with Crippen molar-refractivity contribution in [2.45, 2.75) is 0 Å². The predicted octanol–water partition coefficient (Wildman–Crippen LogP) is 2.13. The molecule has 0 aliphatic rings. The molecule has 0 amide bonds. The van der Waals surface area contributed by atoms with Gasteiger partial charge in [-0.2, -0.15) is 0 Å². The van der Waals surface area contributed by atoms with Crippen molar-refractivity contribution in [2.75, 3.05) is 5.32 Å². The Bertz CT molecular complexity index is 469. The Labute approximate surface area is 104 Å². The molecule has 1 aromatic carbocycles. The van der Waals surface area contributed by atoms with Crippen LogP contribution in [0.2, 0.25) is 0 Å². The number of hydrogen-bond donors (Lipinski definition) is 2. The fraction of sp³-hybridized carbons (Fsp3) is 0. The minimum Gasteiger partial charge on any atom is -0.342 e. The van der Waals surface area contributed by atoms with E-state index in [1.807, 2.05) is 30.3 Å². The molecule has 0 fully saturated rings. The van der Waals surface area contributed by atoms with Crippen LogP contribution in [0.15, 0.2) is 47.4 Å². The highest BCUT2D eigenvalue weighted by Gasteiger charge is 1.93. The molecule has 1 aromatic heterocycles. The van der Waals surface area contributed by atoms with Crippen LogP contribution in [0.4, 0.5) is 11.5 Å². The maximum absolute atomic E-state index is 10.9. The fourth-order valence-electron chi connectivity index (χ4n) is 1.12. The maximum Gasteiger partial charge on any atom is 0.346 e. The van der Waals surface area contributed by atoms with Crippen LogP contribution in [0.25, 0.3) is 0 Å². The number of aromatic nitrogens is 2. The van der Waals surface area contributed by atoms with Gasteiger partial charge in [0.2, 0.25) is 0 Å². The van der Waals surface area contributed by atoms with Gasteiger partial charge in [-0.15, -0.1) is 24.0 Å². The quantitative estimate of drug-likeness (QED) is 0.835. The summed E-state index contributed by atoms with van der Waals surface area (Å²) in [6.45, 7) is 0. The Kier molecular flexibility index (Phi) is 4.29. The first-order chi connectivity index (χ1) is 6.84. The predicted molar refractivity (Wildman–Crippen MR) is 70.0 cm³/mol. The standard InChI is InChI=1S/C10H9N3O.HI/c14-10-11-7-6-9(13-10)12-8-4-2-1-3-5-8;/h1-7H,(H2,11,12,13,14);1H. The molecule has 0 aliphatic heterocycles. The van der Waals surface area contributed by atoms with Gasteiger partial charge >= 0.3 is 5.69 Å². The summed E-state index contributed by atoms with van der Waals surface area (Å²) in [4.78, 5) is 17.0. The molecule has 0 saturated carbocycles. The van der Waals surface area contributed by atoms with Crippen molar-refractivity contribution in [1.82, 2.24) is 9.97 Å². The van der Waals surface area contributed by atoms with Gasteiger partial charge in [0, 0.05) is 11.9 Å². The molecule has 0 spiro atoms. The van der Waals surface area contributed by atoms with Crippen LogP contribution >= 0.6 is 24.0 Å². The molecule has 0 saturated heterocycles. The number of benzene rings is 1. The minimum absolute atomic E-state index is 0. The summed E-state index contributed by atoms with van der Waals surface area (Å²) in [5, 5.41) is 3.05. The van der Waals surface area contributed by atoms with Gasteiger partial charge in [-0.1, -0.05) is 18.2 Å². The molecule has 2 rings (SSSR count). The molecule has 1 heterocycles. The van der Waals surface area contributed by atoms with E-state index in [1.54, 1.807) is 6.07 Å². The van der Waals surface area contributed by atoms with Crippen LogP contribution in [0.3, 0.4) is 0 Å². The molecule has 0 atom stereocenters. The molecular weight excluding hydrogens is 305 g/mol. The van der Waals surface area contributed by atoms with E-state index in [0.717, 1.165) is 5.69 Å². The van der Waals surface area contributed by atoms with E-state index in [4.69, 9.17) is 0 Å². The molecule has 0 unspecified atom stereocenters. The molecule has 2 N–H and O–H groups in total. The van der Waals surface area contributed by atoms with Crippen LogP contribution in [0.1, 0.15) is 0 Å². The summed E-state index contributed by atoms with van der Waals surface area (Å²) in [6.07, 6.45) is 1.46. The molecule has 4 nitrogen and oxygen atoms in total. The smallest absolute Gasteiger partial charge is 0.342 e. The van der Waals surface area contributed by atoms with E-state index in [9.17, 15) is 4.79 Å². The Balaban J connectivity index is 0.00000112. The molecular formula is C10H10IN3O. The number of aromatic amines is 1. The van der Waals surface area contributed by atoms with Crippen LogP contribution in [0.5, 0.6) is 0 Å². The second-order valence-corrected chi connectivity index (χ2v) is 2.78. The van der Waals surface area contributed by atoms with Gasteiger partial charge in [0.05, 0.1) is 0 Å². The van der Waals surface area contributed by atoms with Crippen molar-refractivity contribution in [3.05, 3.63) is 53.1 Å². The van der Waals surface area contributed by atoms with E-state index < -0.39 is 0 Å². The van der Waals surface area contributed by atoms with Gasteiger partial charge in [-0.25, -0.2) is 9.78 Å². The van der Waals surface area contributed by atoms with Gasteiger partial charge in [0.25, 0.3) is 0 Å². The number of para-hydroxylation sites is 1. The number of halogens is 1. The van der Waals surface area contributed by atoms with Gasteiger partial charge < -0.3 is 5.32 Å². The first-order valence-electron chi connectivity index (χ1n) is 4.22. The van der Waals surface area contributed by atoms with Crippen molar-refractivity contribution in [3.8, 4) is 0 Å². The number of nitrogens with one attached hydrogen (secondary N) is 2. The number of nitrogens with zero attached hydrogens (tertiary/aromatic N) is 1. The molecule has 15 heavy (non-hydrogen) atoms. The summed E-state index contributed by atoms with van der Waals surface area (Å²) in [5.41, 5.74) is 0.570. The van der Waals surface area contributed by atoms with Crippen molar-refractivity contribution in [2.24, 2.45) is 0 Å². The summed E-state index contributed by atoms with van der Waals surface area (Å²) < 4.78 is 0. The van der Waals surface area contributed by atoms with Gasteiger partial charge in [0.15, 0.2) is 0 Å². The number of rotatable bonds is 2. The third-order valence-electron chi connectivity index (χ3n) is 1.73. The summed E-state index contributed by atoms with van der Waals surface area (Å²) in [7, 11) is 0. The molecule has 0 aliphatic carbocycles. The average Bonchev–Trinajstić information content (AvgIpc) is 2.19. The largest absolute Gasteiger partial charge is 0.346 e. The van der Waals surface area contributed by atoms with Crippen LogP contribution in [-0.4, -0.2) is 9.97 Å². The minimum atomic E-state index is -0.356. The first-order valence-corrected chi connectivity index (χ1v) is 4.22. The molecule has 78 valence electrons. The van der Waals surface area contributed by atoms with E-state index in [0.29, 0.717) is 5.82 Å². The number of anilines is 2. The zero-order valence-corrected chi connectivity index (χ0v) is 10.1. The van der Waals surface area contributed by atoms with E-state index >= 15 is 0 Å². The van der Waals surface area contributed by atoms with E-state index in [1.165, 1.54) is 6.20 Å². The summed E-state index contributed by atoms with van der Waals surface area (Å²) in [6, 6.07) is 11.3. The van der Waals surface area contributed by atoms with E-state index in [2.05, 4.69) is 15.3 Å². The second kappa shape index (κ2) is 5.50. The normalized spacial score (nSPS) is 9.07. The lowest BCUT2D eigenvalue weighted by Crippen LogP contribution is -2.10. The molecule has 0 radical (unpaired) electrons. The first kappa shape index (κ1) is 11.7. The van der Waals surface area contributed by atoms with Crippen molar-refractivity contribution < 1.29 is 0 Å².